The standard InChI is InChI=1S/C13H22N2O9/c1-5(16)14-4-8(19)10(20)11-9(15-6(2)17)7(18)3-13(23,24-11)12(21)22/h7-11,18-20,23H,3-4H2,1-2H3,(H,14,16)(H,15,17)(H,21,22)/t7-,8+,9+,10+,11+,13?/m0/s1. The van der Waals surface area contributed by atoms with Gasteiger partial charge < -0.3 is 40.9 Å². The second-order valence-corrected chi connectivity index (χ2v) is 5.66. The molecule has 2 amide bonds. The molecule has 1 fully saturated rings. The molecule has 6 atom stereocenters. The minimum absolute atomic E-state index is 0.384. The molecule has 0 aromatic rings. The molecule has 1 aliphatic rings. The normalized spacial score (nSPS) is 32.5. The number of carbonyl (C=O) groups excluding carboxylic acids is 2. The van der Waals surface area contributed by atoms with Gasteiger partial charge in [-0.05, 0) is 0 Å². The Morgan fingerprint density at radius 3 is 2.29 bits per heavy atom. The molecule has 11 nitrogen and oxygen atoms in total. The van der Waals surface area contributed by atoms with Gasteiger partial charge in [0.1, 0.15) is 12.2 Å². The summed E-state index contributed by atoms with van der Waals surface area (Å²) in [5.41, 5.74) is 0. The van der Waals surface area contributed by atoms with Gasteiger partial charge in [0.05, 0.1) is 18.2 Å². The summed E-state index contributed by atoms with van der Waals surface area (Å²) in [6.07, 6.45) is -7.36. The van der Waals surface area contributed by atoms with Crippen LogP contribution in [0.1, 0.15) is 20.3 Å². The van der Waals surface area contributed by atoms with E-state index in [1.165, 1.54) is 6.92 Å². The second-order valence-electron chi connectivity index (χ2n) is 5.66. The summed E-state index contributed by atoms with van der Waals surface area (Å²) in [5, 5.41) is 53.6. The van der Waals surface area contributed by atoms with Crippen molar-refractivity contribution in [2.45, 2.75) is 56.5 Å². The van der Waals surface area contributed by atoms with Gasteiger partial charge >= 0.3 is 5.97 Å². The fourth-order valence-electron chi connectivity index (χ4n) is 2.40. The van der Waals surface area contributed by atoms with Gasteiger partial charge in [0.25, 0.3) is 5.79 Å². The lowest BCUT2D eigenvalue weighted by atomic mass is 9.88. The summed E-state index contributed by atoms with van der Waals surface area (Å²) < 4.78 is 4.97. The summed E-state index contributed by atoms with van der Waals surface area (Å²) >= 11 is 0. The zero-order chi connectivity index (χ0) is 18.7. The van der Waals surface area contributed by atoms with Crippen LogP contribution < -0.4 is 10.6 Å². The Morgan fingerprint density at radius 1 is 1.25 bits per heavy atom. The van der Waals surface area contributed by atoms with Crippen molar-refractivity contribution < 1.29 is 44.7 Å². The Morgan fingerprint density at radius 2 is 1.83 bits per heavy atom. The molecular weight excluding hydrogens is 328 g/mol. The fraction of sp³-hybridized carbons (Fsp3) is 0.769. The number of carboxylic acids is 1. The molecule has 1 saturated heterocycles. The van der Waals surface area contributed by atoms with E-state index in [1.54, 1.807) is 0 Å². The van der Waals surface area contributed by atoms with Gasteiger partial charge in [-0.2, -0.15) is 0 Å². The molecule has 0 radical (unpaired) electrons. The number of aliphatic hydroxyl groups excluding tert-OH is 3. The van der Waals surface area contributed by atoms with Gasteiger partial charge in [0.15, 0.2) is 0 Å². The van der Waals surface area contributed by atoms with Crippen molar-refractivity contribution in [3.8, 4) is 0 Å². The fourth-order valence-corrected chi connectivity index (χ4v) is 2.40. The van der Waals surface area contributed by atoms with E-state index in [1.807, 2.05) is 0 Å². The third-order valence-electron chi connectivity index (χ3n) is 3.58. The monoisotopic (exact) mass is 350 g/mol. The number of amides is 2. The van der Waals surface area contributed by atoms with E-state index in [9.17, 15) is 34.8 Å². The summed E-state index contributed by atoms with van der Waals surface area (Å²) in [5.74, 6) is -5.67. The summed E-state index contributed by atoms with van der Waals surface area (Å²) in [4.78, 5) is 33.2. The first kappa shape index (κ1) is 20.3. The van der Waals surface area contributed by atoms with Crippen LogP contribution in [0, 0.1) is 0 Å². The first-order valence-corrected chi connectivity index (χ1v) is 7.17. The maximum atomic E-state index is 11.2. The van der Waals surface area contributed by atoms with Crippen LogP contribution in [0.25, 0.3) is 0 Å². The number of nitrogens with one attached hydrogen (secondary N) is 2. The van der Waals surface area contributed by atoms with Gasteiger partial charge in [-0.3, -0.25) is 9.59 Å². The van der Waals surface area contributed by atoms with Crippen molar-refractivity contribution in [2.24, 2.45) is 0 Å². The molecule has 0 aromatic heterocycles. The van der Waals surface area contributed by atoms with Gasteiger partial charge in [-0.1, -0.05) is 0 Å². The van der Waals surface area contributed by atoms with E-state index in [0.29, 0.717) is 0 Å². The molecular formula is C13H22N2O9. The van der Waals surface area contributed by atoms with E-state index in [-0.39, 0.29) is 6.54 Å². The average Bonchev–Trinajstić information content (AvgIpc) is 2.46. The lowest BCUT2D eigenvalue weighted by molar-refractivity contribution is -0.294. The number of aliphatic hydroxyl groups is 4. The topological polar surface area (TPSA) is 186 Å². The molecule has 11 heteroatoms. The largest absolute Gasteiger partial charge is 0.477 e. The van der Waals surface area contributed by atoms with Gasteiger partial charge in [0.2, 0.25) is 11.8 Å². The van der Waals surface area contributed by atoms with Gasteiger partial charge in [0, 0.05) is 26.8 Å². The van der Waals surface area contributed by atoms with Crippen molar-refractivity contribution in [1.82, 2.24) is 10.6 Å². The van der Waals surface area contributed by atoms with Crippen molar-refractivity contribution in [3.05, 3.63) is 0 Å². The molecule has 24 heavy (non-hydrogen) atoms. The van der Waals surface area contributed by atoms with Crippen LogP contribution in [0.5, 0.6) is 0 Å². The Labute approximate surface area is 137 Å². The predicted molar refractivity (Wildman–Crippen MR) is 76.4 cm³/mol. The van der Waals surface area contributed by atoms with Crippen LogP contribution in [-0.4, -0.2) is 86.1 Å². The van der Waals surface area contributed by atoms with Crippen LogP contribution in [0.3, 0.4) is 0 Å². The first-order chi connectivity index (χ1) is 11.0. The van der Waals surface area contributed by atoms with Gasteiger partial charge in [-0.25, -0.2) is 4.79 Å². The summed E-state index contributed by atoms with van der Waals surface area (Å²) in [6.45, 7) is 1.93. The highest BCUT2D eigenvalue weighted by atomic mass is 16.7. The minimum Gasteiger partial charge on any atom is -0.477 e. The molecule has 0 saturated carbocycles. The quantitative estimate of drug-likeness (QED) is 0.253. The molecule has 1 heterocycles. The zero-order valence-electron chi connectivity index (χ0n) is 13.2. The summed E-state index contributed by atoms with van der Waals surface area (Å²) in [7, 11) is 0. The molecule has 1 unspecified atom stereocenters. The number of hydrogen-bond donors (Lipinski definition) is 7. The molecule has 0 bridgehead atoms. The molecule has 0 spiro atoms. The van der Waals surface area contributed by atoms with E-state index in [0.717, 1.165) is 6.92 Å². The number of hydrogen-bond acceptors (Lipinski definition) is 8. The Kier molecular flexibility index (Phi) is 6.63. The number of carbonyl (C=O) groups is 3. The van der Waals surface area contributed by atoms with Gasteiger partial charge in [-0.15, -0.1) is 0 Å². The van der Waals surface area contributed by atoms with Crippen molar-refractivity contribution in [2.75, 3.05) is 6.54 Å². The molecule has 7 N–H and O–H groups in total. The number of rotatable bonds is 6. The first-order valence-electron chi connectivity index (χ1n) is 7.17. The van der Waals surface area contributed by atoms with Crippen LogP contribution in [0.2, 0.25) is 0 Å². The smallest absolute Gasteiger partial charge is 0.364 e. The predicted octanol–water partition coefficient (Wildman–Crippen LogP) is -3.73. The Bertz CT molecular complexity index is 500. The Hall–Kier alpha value is -1.79. The van der Waals surface area contributed by atoms with Crippen LogP contribution >= 0.6 is 0 Å². The third kappa shape index (κ3) is 4.85. The lowest BCUT2D eigenvalue weighted by Crippen LogP contribution is -2.67. The van der Waals surface area contributed by atoms with Crippen molar-refractivity contribution in [3.63, 3.8) is 0 Å². The second kappa shape index (κ2) is 7.85. The van der Waals surface area contributed by atoms with Crippen LogP contribution in [-0.2, 0) is 19.1 Å². The van der Waals surface area contributed by atoms with E-state index < -0.39 is 60.4 Å². The van der Waals surface area contributed by atoms with E-state index >= 15 is 0 Å². The highest BCUT2D eigenvalue weighted by Gasteiger charge is 2.53. The average molecular weight is 350 g/mol. The molecule has 1 aliphatic heterocycles. The zero-order valence-corrected chi connectivity index (χ0v) is 13.2. The SMILES string of the molecule is CC(=O)NC[C@@H](O)[C@@H](O)[C@@H]1OC(O)(C(=O)O)C[C@H](O)[C@H]1NC(C)=O. The maximum Gasteiger partial charge on any atom is 0.364 e. The van der Waals surface area contributed by atoms with Crippen LogP contribution in [0.15, 0.2) is 0 Å². The van der Waals surface area contributed by atoms with E-state index in [4.69, 9.17) is 9.84 Å². The van der Waals surface area contributed by atoms with E-state index in [2.05, 4.69) is 10.6 Å². The number of ether oxygens (including phenoxy) is 1. The van der Waals surface area contributed by atoms with Crippen molar-refractivity contribution in [1.29, 1.82) is 0 Å². The summed E-state index contributed by atoms with van der Waals surface area (Å²) in [6, 6.07) is -1.27. The highest BCUT2D eigenvalue weighted by molar-refractivity contribution is 5.76. The lowest BCUT2D eigenvalue weighted by Gasteiger charge is -2.44. The number of aliphatic carboxylic acids is 1. The van der Waals surface area contributed by atoms with Crippen molar-refractivity contribution >= 4 is 17.8 Å². The maximum absolute atomic E-state index is 11.2. The molecule has 138 valence electrons. The molecule has 0 aliphatic carbocycles. The molecule has 0 aromatic carbocycles. The highest BCUT2D eigenvalue weighted by Crippen LogP contribution is 2.30. The third-order valence-corrected chi connectivity index (χ3v) is 3.58. The minimum atomic E-state index is -2.80. The number of carboxylic acid groups (broad SMARTS) is 1. The Balaban J connectivity index is 3.01. The van der Waals surface area contributed by atoms with Crippen LogP contribution in [0.4, 0.5) is 0 Å². The molecule has 1 rings (SSSR count).